The SMILES string of the molecule is O=C(NCc1cccc(-c2ccc([C@@H]3O[C@H](CSc4cccc[n+]4[O-])C[C@H](c4ccc(CO)cc4)O3)cc2)c1)Nc1ccc(Oc2ccccc2)cc1. The molecule has 0 aliphatic carbocycles. The number of para-hydroxylation sites is 1. The first-order chi connectivity index (χ1) is 26.0. The Morgan fingerprint density at radius 2 is 1.51 bits per heavy atom. The van der Waals surface area contributed by atoms with Crippen LogP contribution in [-0.2, 0) is 22.6 Å². The number of hydrogen-bond donors (Lipinski definition) is 3. The molecule has 1 aliphatic rings. The average Bonchev–Trinajstić information content (AvgIpc) is 3.21. The molecule has 1 saturated heterocycles. The van der Waals surface area contributed by atoms with Crippen molar-refractivity contribution in [1.29, 1.82) is 0 Å². The molecule has 6 aromatic rings. The van der Waals surface area contributed by atoms with E-state index in [0.29, 0.717) is 35.2 Å². The Morgan fingerprint density at radius 3 is 2.26 bits per heavy atom. The van der Waals surface area contributed by atoms with E-state index in [1.54, 1.807) is 24.3 Å². The van der Waals surface area contributed by atoms with E-state index in [1.807, 2.05) is 115 Å². The number of amides is 2. The van der Waals surface area contributed by atoms with Crippen LogP contribution in [0.3, 0.4) is 0 Å². The first-order valence-corrected chi connectivity index (χ1v) is 18.4. The second kappa shape index (κ2) is 17.2. The Labute approximate surface area is 312 Å². The average molecular weight is 726 g/mol. The summed E-state index contributed by atoms with van der Waals surface area (Å²) < 4.78 is 19.7. The standard InChI is InChI=1S/C43H39N3O6S/c47-28-30-12-14-33(15-13-30)40-26-39(29-53-41-11-4-5-24-46(41)49)51-42(52-40)34-18-16-32(17-19-34)35-8-6-7-31(25-35)27-44-43(48)45-36-20-22-38(23-21-36)50-37-9-2-1-3-10-37/h1-25,39-40,42,47H,26-29H2,(H2,44,45,48)/t39-,40+,42+/m0/s1. The Hall–Kier alpha value is -5.65. The van der Waals surface area contributed by atoms with Gasteiger partial charge in [-0.1, -0.05) is 96.7 Å². The largest absolute Gasteiger partial charge is 0.618 e. The van der Waals surface area contributed by atoms with E-state index in [9.17, 15) is 15.1 Å². The lowest BCUT2D eigenvalue weighted by molar-refractivity contribution is -0.645. The maximum absolute atomic E-state index is 12.7. The van der Waals surface area contributed by atoms with Crippen LogP contribution in [-0.4, -0.2) is 23.0 Å². The molecule has 3 N–H and O–H groups in total. The van der Waals surface area contributed by atoms with Gasteiger partial charge in [0.1, 0.15) is 11.5 Å². The van der Waals surface area contributed by atoms with E-state index in [4.69, 9.17) is 14.2 Å². The second-order valence-corrected chi connectivity index (χ2v) is 13.6. The highest BCUT2D eigenvalue weighted by Gasteiger charge is 2.32. The second-order valence-electron chi connectivity index (χ2n) is 12.6. The molecule has 5 aromatic carbocycles. The van der Waals surface area contributed by atoms with Gasteiger partial charge in [-0.05, 0) is 76.3 Å². The number of rotatable bonds is 12. The van der Waals surface area contributed by atoms with Gasteiger partial charge in [-0.3, -0.25) is 0 Å². The summed E-state index contributed by atoms with van der Waals surface area (Å²) in [6.45, 7) is 0.331. The van der Waals surface area contributed by atoms with Crippen molar-refractivity contribution in [3.63, 3.8) is 0 Å². The van der Waals surface area contributed by atoms with E-state index >= 15 is 0 Å². The summed E-state index contributed by atoms with van der Waals surface area (Å²) in [4.78, 5) is 12.7. The van der Waals surface area contributed by atoms with Crippen LogP contribution in [0.25, 0.3) is 11.1 Å². The van der Waals surface area contributed by atoms with Gasteiger partial charge < -0.3 is 35.2 Å². The van der Waals surface area contributed by atoms with Crippen molar-refractivity contribution in [1.82, 2.24) is 5.32 Å². The summed E-state index contributed by atoms with van der Waals surface area (Å²) in [5.41, 5.74) is 6.37. The molecule has 9 nitrogen and oxygen atoms in total. The van der Waals surface area contributed by atoms with Gasteiger partial charge in [0, 0.05) is 42.1 Å². The number of nitrogens with one attached hydrogen (secondary N) is 2. The summed E-state index contributed by atoms with van der Waals surface area (Å²) in [6, 6.07) is 45.8. The number of thioether (sulfide) groups is 1. The van der Waals surface area contributed by atoms with Crippen LogP contribution in [0, 0.1) is 5.21 Å². The Kier molecular flexibility index (Phi) is 11.6. The zero-order valence-corrected chi connectivity index (χ0v) is 29.7. The number of carbonyl (C=O) groups excluding carboxylic acids is 1. The molecule has 1 fully saturated rings. The number of aliphatic hydroxyl groups excluding tert-OH is 1. The van der Waals surface area contributed by atoms with Crippen LogP contribution in [0.4, 0.5) is 10.5 Å². The molecule has 3 atom stereocenters. The number of hydrogen-bond acceptors (Lipinski definition) is 7. The third kappa shape index (κ3) is 9.62. The van der Waals surface area contributed by atoms with Crippen molar-refractivity contribution >= 4 is 23.5 Å². The highest BCUT2D eigenvalue weighted by molar-refractivity contribution is 7.99. The van der Waals surface area contributed by atoms with Crippen molar-refractivity contribution in [2.24, 2.45) is 0 Å². The number of ether oxygens (including phenoxy) is 3. The van der Waals surface area contributed by atoms with E-state index in [1.165, 1.54) is 18.0 Å². The third-order valence-electron chi connectivity index (χ3n) is 8.81. The van der Waals surface area contributed by atoms with Crippen LogP contribution >= 0.6 is 11.8 Å². The van der Waals surface area contributed by atoms with Crippen LogP contribution in [0.5, 0.6) is 11.5 Å². The highest BCUT2D eigenvalue weighted by atomic mass is 32.2. The summed E-state index contributed by atoms with van der Waals surface area (Å²) >= 11 is 1.46. The van der Waals surface area contributed by atoms with Gasteiger partial charge in [-0.15, -0.1) is 0 Å². The smallest absolute Gasteiger partial charge is 0.319 e. The number of carbonyl (C=O) groups is 1. The first kappa shape index (κ1) is 35.7. The van der Waals surface area contributed by atoms with Crippen molar-refractivity contribution in [2.75, 3.05) is 11.1 Å². The van der Waals surface area contributed by atoms with Crippen molar-refractivity contribution in [2.45, 2.75) is 43.1 Å². The zero-order chi connectivity index (χ0) is 36.4. The fourth-order valence-corrected chi connectivity index (χ4v) is 6.94. The number of urea groups is 1. The summed E-state index contributed by atoms with van der Waals surface area (Å²) in [5, 5.41) is 28.2. The molecule has 53 heavy (non-hydrogen) atoms. The minimum absolute atomic E-state index is 0.0220. The molecular weight excluding hydrogens is 687 g/mol. The minimum Gasteiger partial charge on any atom is -0.618 e. The monoisotopic (exact) mass is 725 g/mol. The molecular formula is C43H39N3O6S. The van der Waals surface area contributed by atoms with Crippen LogP contribution in [0.2, 0.25) is 0 Å². The summed E-state index contributed by atoms with van der Waals surface area (Å²) in [6.07, 6.45) is 1.12. The minimum atomic E-state index is -0.609. The predicted molar refractivity (Wildman–Crippen MR) is 205 cm³/mol. The van der Waals surface area contributed by atoms with Gasteiger partial charge >= 0.3 is 6.03 Å². The molecule has 0 saturated carbocycles. The van der Waals surface area contributed by atoms with Gasteiger partial charge in [0.05, 0.1) is 18.8 Å². The van der Waals surface area contributed by atoms with E-state index in [-0.39, 0.29) is 24.8 Å². The maximum atomic E-state index is 12.7. The lowest BCUT2D eigenvalue weighted by Gasteiger charge is -2.36. The molecule has 2 heterocycles. The van der Waals surface area contributed by atoms with Gasteiger partial charge in [-0.2, -0.15) is 4.73 Å². The van der Waals surface area contributed by atoms with Crippen molar-refractivity contribution in [3.05, 3.63) is 179 Å². The lowest BCUT2D eigenvalue weighted by atomic mass is 9.99. The normalized spacial score (nSPS) is 16.8. The molecule has 10 heteroatoms. The maximum Gasteiger partial charge on any atom is 0.319 e. The molecule has 0 unspecified atom stereocenters. The molecule has 1 aromatic heterocycles. The molecule has 1 aliphatic heterocycles. The Balaban J connectivity index is 0.974. The fraction of sp³-hybridized carbons (Fsp3) is 0.163. The van der Waals surface area contributed by atoms with Crippen LogP contribution in [0.1, 0.15) is 41.1 Å². The molecule has 7 rings (SSSR count). The van der Waals surface area contributed by atoms with Gasteiger partial charge in [-0.25, -0.2) is 4.79 Å². The summed E-state index contributed by atoms with van der Waals surface area (Å²) in [5.74, 6) is 2.02. The first-order valence-electron chi connectivity index (χ1n) is 17.4. The topological polar surface area (TPSA) is 116 Å². The lowest BCUT2D eigenvalue weighted by Crippen LogP contribution is -2.32. The van der Waals surface area contributed by atoms with Gasteiger partial charge in [0.15, 0.2) is 12.5 Å². The zero-order valence-electron chi connectivity index (χ0n) is 28.8. The Bertz CT molecular complexity index is 2100. The van der Waals surface area contributed by atoms with Crippen molar-refractivity contribution in [3.8, 4) is 22.6 Å². The van der Waals surface area contributed by atoms with Crippen LogP contribution in [0.15, 0.2) is 157 Å². The number of aliphatic hydroxyl groups is 1. The molecule has 0 bridgehead atoms. The molecule has 0 radical (unpaired) electrons. The van der Waals surface area contributed by atoms with Gasteiger partial charge in [0.25, 0.3) is 5.03 Å². The number of anilines is 1. The molecule has 2 amide bonds. The van der Waals surface area contributed by atoms with Crippen LogP contribution < -0.4 is 20.1 Å². The molecule has 0 spiro atoms. The fourth-order valence-electron chi connectivity index (χ4n) is 6.01. The van der Waals surface area contributed by atoms with E-state index in [0.717, 1.165) is 43.9 Å². The third-order valence-corrected chi connectivity index (χ3v) is 9.96. The van der Waals surface area contributed by atoms with Crippen molar-refractivity contribution < 1.29 is 28.8 Å². The molecule has 268 valence electrons. The number of aromatic nitrogens is 1. The predicted octanol–water partition coefficient (Wildman–Crippen LogP) is 8.93. The Morgan fingerprint density at radius 1 is 0.774 bits per heavy atom. The quantitative estimate of drug-likeness (QED) is 0.0656. The summed E-state index contributed by atoms with van der Waals surface area (Å²) in [7, 11) is 0. The number of pyridine rings is 1. The van der Waals surface area contributed by atoms with Gasteiger partial charge in [0.2, 0.25) is 0 Å². The number of benzene rings is 5. The number of nitrogens with zero attached hydrogens (tertiary/aromatic N) is 1. The van der Waals surface area contributed by atoms with E-state index in [2.05, 4.69) is 16.7 Å². The highest BCUT2D eigenvalue weighted by Crippen LogP contribution is 2.39. The van der Waals surface area contributed by atoms with E-state index < -0.39 is 6.29 Å².